The van der Waals surface area contributed by atoms with Crippen LogP contribution in [0.5, 0.6) is 5.75 Å². The number of carbonyl (C=O) groups is 3. The first-order chi connectivity index (χ1) is 12.5. The number of imide groups is 1. The number of hydrogen-bond donors (Lipinski definition) is 0. The van der Waals surface area contributed by atoms with Crippen LogP contribution >= 0.6 is 0 Å². The third-order valence-electron chi connectivity index (χ3n) is 3.98. The average Bonchev–Trinajstić information content (AvgIpc) is 2.83. The molecule has 0 atom stereocenters. The van der Waals surface area contributed by atoms with Gasteiger partial charge in [0.25, 0.3) is 11.8 Å². The maximum atomic E-state index is 12.2. The fourth-order valence-corrected chi connectivity index (χ4v) is 2.89. The van der Waals surface area contributed by atoms with E-state index in [2.05, 4.69) is 0 Å². The van der Waals surface area contributed by atoms with Crippen molar-refractivity contribution in [3.8, 4) is 5.75 Å². The van der Waals surface area contributed by atoms with Gasteiger partial charge in [-0.2, -0.15) is 0 Å². The molecule has 26 heavy (non-hydrogen) atoms. The van der Waals surface area contributed by atoms with E-state index < -0.39 is 24.3 Å². The number of carbonyl (C=O) groups excluding carboxylic acids is 3. The molecule has 1 aliphatic heterocycles. The number of nitrogens with zero attached hydrogens (tertiary/aromatic N) is 1. The van der Waals surface area contributed by atoms with Crippen LogP contribution in [-0.2, 0) is 9.53 Å². The second-order valence-corrected chi connectivity index (χ2v) is 6.13. The summed E-state index contributed by atoms with van der Waals surface area (Å²) in [5.74, 6) is -0.898. The zero-order valence-corrected chi connectivity index (χ0v) is 14.7. The average molecular weight is 353 g/mol. The highest BCUT2D eigenvalue weighted by Crippen LogP contribution is 2.22. The topological polar surface area (TPSA) is 72.9 Å². The van der Waals surface area contributed by atoms with Crippen LogP contribution in [0.15, 0.2) is 42.5 Å². The van der Waals surface area contributed by atoms with Crippen LogP contribution in [0.3, 0.4) is 0 Å². The molecule has 2 aromatic rings. The molecule has 0 aliphatic carbocycles. The van der Waals surface area contributed by atoms with Crippen molar-refractivity contribution < 1.29 is 23.9 Å². The second-order valence-electron chi connectivity index (χ2n) is 6.13. The van der Waals surface area contributed by atoms with Crippen molar-refractivity contribution in [3.63, 3.8) is 0 Å². The van der Waals surface area contributed by atoms with Crippen LogP contribution in [-0.4, -0.2) is 42.4 Å². The van der Waals surface area contributed by atoms with E-state index in [-0.39, 0.29) is 13.2 Å². The summed E-state index contributed by atoms with van der Waals surface area (Å²) in [4.78, 5) is 37.2. The van der Waals surface area contributed by atoms with E-state index in [0.29, 0.717) is 16.9 Å². The molecule has 0 bridgehead atoms. The fraction of sp³-hybridized carbons (Fsp3) is 0.250. The number of fused-ring (bicyclic) bond motifs is 1. The predicted octanol–water partition coefficient (Wildman–Crippen LogP) is 2.52. The molecule has 0 saturated carbocycles. The van der Waals surface area contributed by atoms with E-state index in [9.17, 15) is 14.4 Å². The van der Waals surface area contributed by atoms with Gasteiger partial charge in [-0.15, -0.1) is 0 Å². The highest BCUT2D eigenvalue weighted by Gasteiger charge is 2.36. The van der Waals surface area contributed by atoms with Gasteiger partial charge in [-0.3, -0.25) is 19.3 Å². The third-order valence-corrected chi connectivity index (χ3v) is 3.98. The molecule has 0 saturated heterocycles. The van der Waals surface area contributed by atoms with Gasteiger partial charge in [0.05, 0.1) is 11.1 Å². The first-order valence-corrected chi connectivity index (χ1v) is 8.27. The molecule has 6 nitrogen and oxygen atoms in total. The Labute approximate surface area is 151 Å². The largest absolute Gasteiger partial charge is 0.490 e. The Morgan fingerprint density at radius 1 is 0.923 bits per heavy atom. The van der Waals surface area contributed by atoms with E-state index in [4.69, 9.17) is 9.47 Å². The van der Waals surface area contributed by atoms with Crippen LogP contribution in [0.4, 0.5) is 0 Å². The summed E-state index contributed by atoms with van der Waals surface area (Å²) in [6.07, 6.45) is 0. The highest BCUT2D eigenvalue weighted by molar-refractivity contribution is 6.22. The number of amides is 2. The number of esters is 1. The van der Waals surface area contributed by atoms with E-state index in [0.717, 1.165) is 16.0 Å². The number of rotatable bonds is 6. The molecule has 0 aromatic heterocycles. The van der Waals surface area contributed by atoms with E-state index in [1.807, 2.05) is 32.0 Å². The molecule has 0 N–H and O–H groups in total. The highest BCUT2D eigenvalue weighted by atomic mass is 16.6. The van der Waals surface area contributed by atoms with Gasteiger partial charge in [0, 0.05) is 0 Å². The van der Waals surface area contributed by atoms with Crippen molar-refractivity contribution in [2.45, 2.75) is 13.8 Å². The fourth-order valence-electron chi connectivity index (χ4n) is 2.89. The Balaban J connectivity index is 1.48. The Morgan fingerprint density at radius 2 is 1.50 bits per heavy atom. The van der Waals surface area contributed by atoms with Crippen molar-refractivity contribution in [2.75, 3.05) is 19.8 Å². The molecule has 2 aromatic carbocycles. The van der Waals surface area contributed by atoms with Gasteiger partial charge in [0.2, 0.25) is 0 Å². The lowest BCUT2D eigenvalue weighted by molar-refractivity contribution is -0.144. The van der Waals surface area contributed by atoms with Crippen LogP contribution in [0.25, 0.3) is 0 Å². The van der Waals surface area contributed by atoms with Gasteiger partial charge in [-0.25, -0.2) is 0 Å². The number of hydrogen-bond acceptors (Lipinski definition) is 5. The van der Waals surface area contributed by atoms with Crippen molar-refractivity contribution in [1.82, 2.24) is 4.90 Å². The summed E-state index contributed by atoms with van der Waals surface area (Å²) in [5.41, 5.74) is 2.79. The summed E-state index contributed by atoms with van der Waals surface area (Å²) >= 11 is 0. The molecule has 134 valence electrons. The summed E-state index contributed by atoms with van der Waals surface area (Å²) < 4.78 is 10.6. The van der Waals surface area contributed by atoms with Crippen LogP contribution < -0.4 is 4.74 Å². The summed E-state index contributed by atoms with van der Waals surface area (Å²) in [7, 11) is 0. The molecule has 0 unspecified atom stereocenters. The van der Waals surface area contributed by atoms with Gasteiger partial charge in [-0.05, 0) is 49.2 Å². The van der Waals surface area contributed by atoms with Crippen LogP contribution in [0.2, 0.25) is 0 Å². The number of ether oxygens (including phenoxy) is 2. The van der Waals surface area contributed by atoms with Gasteiger partial charge >= 0.3 is 5.97 Å². The number of aryl methyl sites for hydroxylation is 2. The summed E-state index contributed by atoms with van der Waals surface area (Å²) in [6, 6.07) is 12.3. The molecule has 0 fully saturated rings. The van der Waals surface area contributed by atoms with Gasteiger partial charge in [0.15, 0.2) is 0 Å². The van der Waals surface area contributed by atoms with E-state index >= 15 is 0 Å². The predicted molar refractivity (Wildman–Crippen MR) is 94.2 cm³/mol. The molecule has 3 rings (SSSR count). The lowest BCUT2D eigenvalue weighted by Crippen LogP contribution is -2.36. The second kappa shape index (κ2) is 7.39. The number of benzene rings is 2. The Hall–Kier alpha value is -3.15. The van der Waals surface area contributed by atoms with Gasteiger partial charge in [-0.1, -0.05) is 18.2 Å². The molecular formula is C20H19NO5. The van der Waals surface area contributed by atoms with Crippen molar-refractivity contribution in [1.29, 1.82) is 0 Å². The normalized spacial score (nSPS) is 12.9. The first kappa shape index (κ1) is 17.7. The smallest absolute Gasteiger partial charge is 0.326 e. The van der Waals surface area contributed by atoms with Crippen molar-refractivity contribution in [2.24, 2.45) is 0 Å². The van der Waals surface area contributed by atoms with Crippen molar-refractivity contribution >= 4 is 17.8 Å². The molecule has 0 radical (unpaired) electrons. The standard InChI is InChI=1S/C20H19NO5/c1-13-9-14(2)11-15(10-13)25-7-8-26-18(22)12-21-19(23)16-5-3-4-6-17(16)20(21)24/h3-6,9-11H,7-8,12H2,1-2H3. The minimum atomic E-state index is -0.650. The lowest BCUT2D eigenvalue weighted by atomic mass is 10.1. The summed E-state index contributed by atoms with van der Waals surface area (Å²) in [6.45, 7) is 3.77. The maximum Gasteiger partial charge on any atom is 0.326 e. The van der Waals surface area contributed by atoms with Gasteiger partial charge in [0.1, 0.15) is 25.5 Å². The maximum absolute atomic E-state index is 12.2. The SMILES string of the molecule is Cc1cc(C)cc(OCCOC(=O)CN2C(=O)c3ccccc3C2=O)c1. The summed E-state index contributed by atoms with van der Waals surface area (Å²) in [5, 5.41) is 0. The molecule has 1 heterocycles. The van der Waals surface area contributed by atoms with Crippen LogP contribution in [0.1, 0.15) is 31.8 Å². The lowest BCUT2D eigenvalue weighted by Gasteiger charge is -2.13. The molecule has 0 spiro atoms. The zero-order valence-electron chi connectivity index (χ0n) is 14.7. The zero-order chi connectivity index (χ0) is 18.7. The Bertz CT molecular complexity index is 819. The minimum Gasteiger partial charge on any atom is -0.490 e. The molecule has 6 heteroatoms. The molecule has 2 amide bonds. The molecule has 1 aliphatic rings. The van der Waals surface area contributed by atoms with E-state index in [1.165, 1.54) is 0 Å². The Morgan fingerprint density at radius 3 is 2.08 bits per heavy atom. The minimum absolute atomic E-state index is 0.0367. The van der Waals surface area contributed by atoms with Gasteiger partial charge < -0.3 is 9.47 Å². The molecular weight excluding hydrogens is 334 g/mol. The quantitative estimate of drug-likeness (QED) is 0.453. The van der Waals surface area contributed by atoms with E-state index in [1.54, 1.807) is 24.3 Å². The Kier molecular flexibility index (Phi) is 5.02. The monoisotopic (exact) mass is 353 g/mol. The first-order valence-electron chi connectivity index (χ1n) is 8.27. The third kappa shape index (κ3) is 3.74. The van der Waals surface area contributed by atoms with Crippen LogP contribution in [0, 0.1) is 13.8 Å². The van der Waals surface area contributed by atoms with Crippen molar-refractivity contribution in [3.05, 3.63) is 64.7 Å².